The lowest BCUT2D eigenvalue weighted by molar-refractivity contribution is 0.583. The van der Waals surface area contributed by atoms with Gasteiger partial charge in [0.15, 0.2) is 0 Å². The van der Waals surface area contributed by atoms with Gasteiger partial charge in [-0.05, 0) is 66.7 Å². The van der Waals surface area contributed by atoms with Crippen LogP contribution in [0, 0.1) is 0 Å². The molecule has 0 bridgehead atoms. The van der Waals surface area contributed by atoms with E-state index in [1.165, 1.54) is 10.1 Å². The Morgan fingerprint density at radius 1 is 0.692 bits per heavy atom. The average Bonchev–Trinajstić information content (AvgIpc) is 3.75. The van der Waals surface area contributed by atoms with Crippen LogP contribution in [0.25, 0.3) is 70.9 Å². The zero-order valence-corrected chi connectivity index (χ0v) is 21.6. The summed E-state index contributed by atoms with van der Waals surface area (Å²) in [5, 5.41) is 3.33. The minimum absolute atomic E-state index is 0.841. The van der Waals surface area contributed by atoms with Gasteiger partial charge in [-0.1, -0.05) is 48.5 Å². The Kier molecular flexibility index (Phi) is 4.96. The van der Waals surface area contributed by atoms with Crippen molar-refractivity contribution in [3.05, 3.63) is 128 Å². The molecule has 0 radical (unpaired) electrons. The van der Waals surface area contributed by atoms with Gasteiger partial charge in [0, 0.05) is 39.3 Å². The average molecular weight is 520 g/mol. The minimum Gasteiger partial charge on any atom is -0.464 e. The third-order valence-corrected chi connectivity index (χ3v) is 8.25. The highest BCUT2D eigenvalue weighted by molar-refractivity contribution is 7.21. The second-order valence-electron chi connectivity index (χ2n) is 9.50. The molecule has 0 unspecified atom stereocenters. The van der Waals surface area contributed by atoms with E-state index < -0.39 is 0 Å². The van der Waals surface area contributed by atoms with Crippen molar-refractivity contribution in [3.63, 3.8) is 0 Å². The Hall–Kier alpha value is -5.00. The van der Waals surface area contributed by atoms with E-state index >= 15 is 0 Å². The Bertz CT molecular complexity index is 2090. The molecule has 8 aromatic rings. The summed E-state index contributed by atoms with van der Waals surface area (Å²) >= 11 is 1.71. The second kappa shape index (κ2) is 8.79. The maximum absolute atomic E-state index is 5.98. The fourth-order valence-electron chi connectivity index (χ4n) is 5.46. The summed E-state index contributed by atoms with van der Waals surface area (Å²) < 4.78 is 9.51. The third kappa shape index (κ3) is 3.59. The SMILES string of the molecule is c1ccc(-c2cccc(-n3c4ccccc4c4c(-c5ccco5)cc(-c5nc6ccccc6s5)cc43)c2)nc1. The summed E-state index contributed by atoms with van der Waals surface area (Å²) in [5.41, 5.74) is 8.50. The summed E-state index contributed by atoms with van der Waals surface area (Å²) in [5.74, 6) is 0.841. The first-order chi connectivity index (χ1) is 19.3. The molecule has 0 spiro atoms. The van der Waals surface area contributed by atoms with Gasteiger partial charge in [0.1, 0.15) is 10.8 Å². The number of thiazole rings is 1. The standard InChI is InChI=1S/C34H21N3OS/c1-3-14-29-25(11-1)33-26(31-15-8-18-38-31)20-23(34-36-28-13-2-4-16-32(28)39-34)21-30(33)37(29)24-10-7-9-22(19-24)27-12-5-6-17-35-27/h1-21H. The molecule has 39 heavy (non-hydrogen) atoms. The van der Waals surface area contributed by atoms with E-state index in [2.05, 4.69) is 88.4 Å². The number of furan rings is 1. The monoisotopic (exact) mass is 519 g/mol. The van der Waals surface area contributed by atoms with E-state index in [9.17, 15) is 0 Å². The topological polar surface area (TPSA) is 43.9 Å². The van der Waals surface area contributed by atoms with Crippen LogP contribution >= 0.6 is 11.3 Å². The molecule has 0 fully saturated rings. The molecule has 4 aromatic heterocycles. The summed E-state index contributed by atoms with van der Waals surface area (Å²) in [7, 11) is 0. The third-order valence-electron chi connectivity index (χ3n) is 7.17. The lowest BCUT2D eigenvalue weighted by atomic mass is 10.0. The van der Waals surface area contributed by atoms with Crippen molar-refractivity contribution in [3.8, 4) is 38.8 Å². The molecule has 4 heterocycles. The van der Waals surface area contributed by atoms with E-state index in [-0.39, 0.29) is 0 Å². The van der Waals surface area contributed by atoms with Crippen LogP contribution in [0.2, 0.25) is 0 Å². The Morgan fingerprint density at radius 3 is 2.46 bits per heavy atom. The van der Waals surface area contributed by atoms with Gasteiger partial charge in [0.25, 0.3) is 0 Å². The summed E-state index contributed by atoms with van der Waals surface area (Å²) in [6.45, 7) is 0. The highest BCUT2D eigenvalue weighted by atomic mass is 32.1. The van der Waals surface area contributed by atoms with Crippen molar-refractivity contribution >= 4 is 43.4 Å². The van der Waals surface area contributed by atoms with Crippen molar-refractivity contribution in [2.24, 2.45) is 0 Å². The maximum Gasteiger partial charge on any atom is 0.134 e. The van der Waals surface area contributed by atoms with Crippen LogP contribution in [-0.4, -0.2) is 14.5 Å². The summed E-state index contributed by atoms with van der Waals surface area (Å²) in [6, 6.07) is 40.0. The quantitative estimate of drug-likeness (QED) is 0.233. The van der Waals surface area contributed by atoms with Crippen molar-refractivity contribution < 1.29 is 4.42 Å². The first kappa shape index (κ1) is 22.0. The van der Waals surface area contributed by atoms with Gasteiger partial charge in [-0.3, -0.25) is 4.98 Å². The van der Waals surface area contributed by atoms with Crippen LogP contribution in [-0.2, 0) is 0 Å². The predicted octanol–water partition coefficient (Wildman–Crippen LogP) is 9.38. The lowest BCUT2D eigenvalue weighted by Gasteiger charge is -2.11. The first-order valence-electron chi connectivity index (χ1n) is 12.8. The predicted molar refractivity (Wildman–Crippen MR) is 160 cm³/mol. The van der Waals surface area contributed by atoms with Gasteiger partial charge in [-0.2, -0.15) is 0 Å². The largest absolute Gasteiger partial charge is 0.464 e. The van der Waals surface area contributed by atoms with Crippen LogP contribution in [0.4, 0.5) is 0 Å². The maximum atomic E-state index is 5.98. The minimum atomic E-state index is 0.841. The van der Waals surface area contributed by atoms with Gasteiger partial charge in [0.2, 0.25) is 0 Å². The number of aromatic nitrogens is 3. The molecule has 184 valence electrons. The second-order valence-corrected chi connectivity index (χ2v) is 10.5. The highest BCUT2D eigenvalue weighted by Gasteiger charge is 2.20. The molecular weight excluding hydrogens is 498 g/mol. The molecule has 0 N–H and O–H groups in total. The van der Waals surface area contributed by atoms with E-state index in [1.54, 1.807) is 17.6 Å². The molecule has 0 aliphatic heterocycles. The smallest absolute Gasteiger partial charge is 0.134 e. The molecule has 4 nitrogen and oxygen atoms in total. The molecule has 0 saturated heterocycles. The first-order valence-corrected chi connectivity index (χ1v) is 13.6. The molecule has 5 heteroatoms. The van der Waals surface area contributed by atoms with Crippen LogP contribution in [0.1, 0.15) is 0 Å². The normalized spacial score (nSPS) is 11.6. The van der Waals surface area contributed by atoms with Crippen molar-refractivity contribution in [2.75, 3.05) is 0 Å². The van der Waals surface area contributed by atoms with Gasteiger partial charge in [-0.25, -0.2) is 4.98 Å². The number of rotatable bonds is 4. The highest BCUT2D eigenvalue weighted by Crippen LogP contribution is 2.43. The zero-order chi connectivity index (χ0) is 25.8. The van der Waals surface area contributed by atoms with Gasteiger partial charge < -0.3 is 8.98 Å². The number of hydrogen-bond donors (Lipinski definition) is 0. The fourth-order valence-corrected chi connectivity index (χ4v) is 6.41. The van der Waals surface area contributed by atoms with E-state index in [0.717, 1.165) is 60.8 Å². The molecule has 0 saturated carbocycles. The van der Waals surface area contributed by atoms with Crippen LogP contribution in [0.5, 0.6) is 0 Å². The van der Waals surface area contributed by atoms with Crippen molar-refractivity contribution in [1.82, 2.24) is 14.5 Å². The van der Waals surface area contributed by atoms with Crippen molar-refractivity contribution in [1.29, 1.82) is 0 Å². The van der Waals surface area contributed by atoms with Gasteiger partial charge >= 0.3 is 0 Å². The number of nitrogens with zero attached hydrogens (tertiary/aromatic N) is 3. The van der Waals surface area contributed by atoms with Gasteiger partial charge in [0.05, 0.1) is 33.2 Å². The molecule has 0 aliphatic rings. The number of fused-ring (bicyclic) bond motifs is 4. The Morgan fingerprint density at radius 2 is 1.59 bits per heavy atom. The van der Waals surface area contributed by atoms with E-state index in [1.807, 2.05) is 42.6 Å². The zero-order valence-electron chi connectivity index (χ0n) is 20.8. The number of para-hydroxylation sites is 2. The molecular formula is C34H21N3OS. The Balaban J connectivity index is 1.46. The number of pyridine rings is 1. The Labute approximate surface area is 228 Å². The lowest BCUT2D eigenvalue weighted by Crippen LogP contribution is -1.95. The number of hydrogen-bond acceptors (Lipinski definition) is 4. The van der Waals surface area contributed by atoms with Gasteiger partial charge in [-0.15, -0.1) is 11.3 Å². The van der Waals surface area contributed by atoms with Crippen LogP contribution in [0.15, 0.2) is 132 Å². The van der Waals surface area contributed by atoms with Crippen LogP contribution < -0.4 is 0 Å². The molecule has 8 rings (SSSR count). The number of benzene rings is 4. The molecule has 0 amide bonds. The van der Waals surface area contributed by atoms with Crippen molar-refractivity contribution in [2.45, 2.75) is 0 Å². The fraction of sp³-hybridized carbons (Fsp3) is 0. The molecule has 0 atom stereocenters. The summed E-state index contributed by atoms with van der Waals surface area (Å²) in [6.07, 6.45) is 3.57. The summed E-state index contributed by atoms with van der Waals surface area (Å²) in [4.78, 5) is 9.58. The van der Waals surface area contributed by atoms with E-state index in [0.29, 0.717) is 0 Å². The molecule has 0 aliphatic carbocycles. The molecule has 4 aromatic carbocycles. The van der Waals surface area contributed by atoms with E-state index in [4.69, 9.17) is 9.40 Å². The van der Waals surface area contributed by atoms with Crippen LogP contribution in [0.3, 0.4) is 0 Å².